The Morgan fingerprint density at radius 3 is 2.08 bits per heavy atom. The van der Waals surface area contributed by atoms with Crippen molar-refractivity contribution in [3.63, 3.8) is 0 Å². The summed E-state index contributed by atoms with van der Waals surface area (Å²) in [6.07, 6.45) is 3.83. The monoisotopic (exact) mass is 334 g/mol. The molecule has 1 N–H and O–H groups in total. The molecule has 0 saturated carbocycles. The van der Waals surface area contributed by atoms with Crippen molar-refractivity contribution < 1.29 is 14.3 Å². The van der Waals surface area contributed by atoms with Crippen LogP contribution in [0.2, 0.25) is 0 Å². The van der Waals surface area contributed by atoms with Crippen molar-refractivity contribution in [2.45, 2.75) is 52.5 Å². The molecule has 1 aromatic rings. The molecule has 1 rings (SSSR count). The second kappa shape index (κ2) is 10.7. The quantitative estimate of drug-likeness (QED) is 0.705. The topological polar surface area (TPSA) is 58.6 Å². The van der Waals surface area contributed by atoms with Gasteiger partial charge in [0.25, 0.3) is 0 Å². The Kier molecular flexibility index (Phi) is 8.90. The van der Waals surface area contributed by atoms with Gasteiger partial charge in [0.1, 0.15) is 5.75 Å². The van der Waals surface area contributed by atoms with Gasteiger partial charge in [-0.3, -0.25) is 9.59 Å². The van der Waals surface area contributed by atoms with Crippen LogP contribution in [0.4, 0.5) is 0 Å². The minimum atomic E-state index is -0.537. The number of methoxy groups -OCH3 is 1. The van der Waals surface area contributed by atoms with Gasteiger partial charge in [-0.1, -0.05) is 38.8 Å². The second-order valence-corrected chi connectivity index (χ2v) is 5.97. The molecular formula is C19H30N2O3. The molecule has 134 valence electrons. The number of ether oxygens (including phenoxy) is 1. The van der Waals surface area contributed by atoms with Gasteiger partial charge in [-0.2, -0.15) is 0 Å². The van der Waals surface area contributed by atoms with Crippen LogP contribution in [0, 0.1) is 0 Å². The van der Waals surface area contributed by atoms with E-state index >= 15 is 0 Å². The molecule has 0 bridgehead atoms. The number of rotatable bonds is 9. The molecule has 0 saturated heterocycles. The minimum absolute atomic E-state index is 0.230. The van der Waals surface area contributed by atoms with E-state index in [1.54, 1.807) is 12.0 Å². The number of benzene rings is 1. The molecule has 5 nitrogen and oxygen atoms in total. The van der Waals surface area contributed by atoms with Crippen molar-refractivity contribution in [1.82, 2.24) is 10.2 Å². The highest BCUT2D eigenvalue weighted by Crippen LogP contribution is 2.17. The van der Waals surface area contributed by atoms with Crippen molar-refractivity contribution in [3.8, 4) is 5.75 Å². The summed E-state index contributed by atoms with van der Waals surface area (Å²) in [4.78, 5) is 26.4. The highest BCUT2D eigenvalue weighted by atomic mass is 16.5. The zero-order valence-electron chi connectivity index (χ0n) is 15.3. The van der Waals surface area contributed by atoms with Gasteiger partial charge in [-0.05, 0) is 37.5 Å². The first-order chi connectivity index (χ1) is 11.5. The summed E-state index contributed by atoms with van der Waals surface area (Å²) >= 11 is 0. The summed E-state index contributed by atoms with van der Waals surface area (Å²) in [5, 5.41) is 2.80. The third kappa shape index (κ3) is 6.22. The van der Waals surface area contributed by atoms with E-state index in [9.17, 15) is 9.59 Å². The number of unbranched alkanes of at least 4 members (excludes halogenated alkanes) is 2. The third-order valence-corrected chi connectivity index (χ3v) is 4.01. The smallest absolute Gasteiger partial charge is 0.311 e. The van der Waals surface area contributed by atoms with Gasteiger partial charge in [0.05, 0.1) is 13.2 Å². The van der Waals surface area contributed by atoms with Gasteiger partial charge in [0, 0.05) is 13.1 Å². The van der Waals surface area contributed by atoms with Gasteiger partial charge in [0.2, 0.25) is 0 Å². The lowest BCUT2D eigenvalue weighted by Gasteiger charge is -2.23. The molecule has 1 atom stereocenters. The molecule has 0 aliphatic rings. The Morgan fingerprint density at radius 2 is 1.62 bits per heavy atom. The van der Waals surface area contributed by atoms with E-state index < -0.39 is 11.8 Å². The van der Waals surface area contributed by atoms with Crippen molar-refractivity contribution in [3.05, 3.63) is 29.8 Å². The second-order valence-electron chi connectivity index (χ2n) is 5.97. The normalized spacial score (nSPS) is 11.7. The molecule has 24 heavy (non-hydrogen) atoms. The standard InChI is InChI=1S/C19H30N2O3/c1-5-7-13-21(14-8-6-2)19(23)18(22)20-15(3)16-9-11-17(24-4)12-10-16/h9-12,15H,5-8,13-14H2,1-4H3,(H,20,22). The maximum Gasteiger partial charge on any atom is 0.311 e. The molecule has 0 aliphatic carbocycles. The zero-order valence-corrected chi connectivity index (χ0v) is 15.3. The summed E-state index contributed by atoms with van der Waals surface area (Å²) in [5.74, 6) is -0.207. The van der Waals surface area contributed by atoms with Crippen molar-refractivity contribution in [2.24, 2.45) is 0 Å². The van der Waals surface area contributed by atoms with Crippen LogP contribution in [-0.2, 0) is 9.59 Å². The number of carbonyl (C=O) groups is 2. The maximum absolute atomic E-state index is 12.4. The SMILES string of the molecule is CCCCN(CCCC)C(=O)C(=O)NC(C)c1ccc(OC)cc1. The highest BCUT2D eigenvalue weighted by Gasteiger charge is 2.22. The van der Waals surface area contributed by atoms with Gasteiger partial charge in [-0.25, -0.2) is 0 Å². The van der Waals surface area contributed by atoms with Crippen LogP contribution in [0.15, 0.2) is 24.3 Å². The predicted molar refractivity (Wildman–Crippen MR) is 95.9 cm³/mol. The fourth-order valence-corrected chi connectivity index (χ4v) is 2.39. The lowest BCUT2D eigenvalue weighted by atomic mass is 10.1. The summed E-state index contributed by atoms with van der Waals surface area (Å²) < 4.78 is 5.13. The highest BCUT2D eigenvalue weighted by molar-refractivity contribution is 6.35. The van der Waals surface area contributed by atoms with Crippen LogP contribution >= 0.6 is 0 Å². The molecule has 1 unspecified atom stereocenters. The van der Waals surface area contributed by atoms with Gasteiger partial charge in [0.15, 0.2) is 0 Å². The zero-order chi connectivity index (χ0) is 17.9. The third-order valence-electron chi connectivity index (χ3n) is 4.01. The molecular weight excluding hydrogens is 304 g/mol. The van der Waals surface area contributed by atoms with Crippen LogP contribution in [0.25, 0.3) is 0 Å². The van der Waals surface area contributed by atoms with Crippen molar-refractivity contribution in [1.29, 1.82) is 0 Å². The molecule has 2 amide bonds. The number of hydrogen-bond donors (Lipinski definition) is 1. The summed E-state index contributed by atoms with van der Waals surface area (Å²) in [5.41, 5.74) is 0.936. The maximum atomic E-state index is 12.4. The molecule has 0 radical (unpaired) electrons. The lowest BCUT2D eigenvalue weighted by Crippen LogP contribution is -2.44. The summed E-state index contributed by atoms with van der Waals surface area (Å²) in [6, 6.07) is 7.23. The fourth-order valence-electron chi connectivity index (χ4n) is 2.39. The lowest BCUT2D eigenvalue weighted by molar-refractivity contribution is -0.146. The van der Waals surface area contributed by atoms with Crippen LogP contribution in [0.3, 0.4) is 0 Å². The number of nitrogens with zero attached hydrogens (tertiary/aromatic N) is 1. The molecule has 0 aromatic heterocycles. The first kappa shape index (κ1) is 20.0. The Labute approximate surface area is 145 Å². The van der Waals surface area contributed by atoms with E-state index in [4.69, 9.17) is 4.74 Å². The molecule has 0 aliphatic heterocycles. The summed E-state index contributed by atoms with van der Waals surface area (Å²) in [6.45, 7) is 7.30. The van der Waals surface area contributed by atoms with E-state index in [2.05, 4.69) is 19.2 Å². The van der Waals surface area contributed by atoms with E-state index in [-0.39, 0.29) is 6.04 Å². The van der Waals surface area contributed by atoms with Gasteiger partial charge >= 0.3 is 11.8 Å². The van der Waals surface area contributed by atoms with E-state index in [0.717, 1.165) is 37.0 Å². The van der Waals surface area contributed by atoms with E-state index in [1.165, 1.54) is 0 Å². The molecule has 0 heterocycles. The van der Waals surface area contributed by atoms with Gasteiger partial charge in [-0.15, -0.1) is 0 Å². The first-order valence-corrected chi connectivity index (χ1v) is 8.77. The minimum Gasteiger partial charge on any atom is -0.497 e. The average molecular weight is 334 g/mol. The Balaban J connectivity index is 2.65. The number of carbonyl (C=O) groups excluding carboxylic acids is 2. The summed E-state index contributed by atoms with van der Waals surface area (Å²) in [7, 11) is 1.61. The molecule has 1 aromatic carbocycles. The largest absolute Gasteiger partial charge is 0.497 e. The van der Waals surface area contributed by atoms with Gasteiger partial charge < -0.3 is 15.0 Å². The van der Waals surface area contributed by atoms with Crippen LogP contribution in [-0.4, -0.2) is 36.9 Å². The molecule has 0 spiro atoms. The fraction of sp³-hybridized carbons (Fsp3) is 0.579. The number of nitrogens with one attached hydrogen (secondary N) is 1. The predicted octanol–water partition coefficient (Wildman–Crippen LogP) is 3.30. The van der Waals surface area contributed by atoms with Crippen molar-refractivity contribution in [2.75, 3.05) is 20.2 Å². The van der Waals surface area contributed by atoms with Crippen molar-refractivity contribution >= 4 is 11.8 Å². The average Bonchev–Trinajstić information content (AvgIpc) is 2.61. The Bertz CT molecular complexity index is 506. The van der Waals surface area contributed by atoms with E-state index in [0.29, 0.717) is 13.1 Å². The Hall–Kier alpha value is -2.04. The number of hydrogen-bond acceptors (Lipinski definition) is 3. The molecule has 5 heteroatoms. The first-order valence-electron chi connectivity index (χ1n) is 8.77. The molecule has 0 fully saturated rings. The van der Waals surface area contributed by atoms with E-state index in [1.807, 2.05) is 31.2 Å². The Morgan fingerprint density at radius 1 is 1.08 bits per heavy atom. The van der Waals surface area contributed by atoms with Crippen LogP contribution in [0.5, 0.6) is 5.75 Å². The number of amides is 2. The van der Waals surface area contributed by atoms with Crippen LogP contribution in [0.1, 0.15) is 58.1 Å². The van der Waals surface area contributed by atoms with Crippen LogP contribution < -0.4 is 10.1 Å².